The van der Waals surface area contributed by atoms with E-state index >= 15 is 0 Å². The Hall–Kier alpha value is -1.41. The third kappa shape index (κ3) is 5.47. The maximum atomic E-state index is 5.21. The van der Waals surface area contributed by atoms with Crippen molar-refractivity contribution < 1.29 is 4.74 Å². The van der Waals surface area contributed by atoms with E-state index in [1.807, 2.05) is 67.6 Å². The Balaban J connectivity index is 0.000000165. The quantitative estimate of drug-likeness (QED) is 0.768. The predicted octanol–water partition coefficient (Wildman–Crippen LogP) is 4.06. The van der Waals surface area contributed by atoms with E-state index in [1.54, 1.807) is 0 Å². The van der Waals surface area contributed by atoms with Gasteiger partial charge in [0.05, 0.1) is 6.61 Å². The predicted molar refractivity (Wildman–Crippen MR) is 71.3 cm³/mol. The molecule has 0 bridgehead atoms. The highest BCUT2D eigenvalue weighted by Crippen LogP contribution is 2.06. The van der Waals surface area contributed by atoms with E-state index in [2.05, 4.69) is 12.6 Å². The molecule has 0 unspecified atom stereocenters. The zero-order valence-electron chi connectivity index (χ0n) is 9.34. The van der Waals surface area contributed by atoms with Gasteiger partial charge in [-0.1, -0.05) is 36.4 Å². The lowest BCUT2D eigenvalue weighted by Crippen LogP contribution is -1.89. The van der Waals surface area contributed by atoms with Gasteiger partial charge in [-0.3, -0.25) is 0 Å². The number of hydrogen-bond donors (Lipinski definition) is 1. The molecule has 0 saturated carbocycles. The maximum absolute atomic E-state index is 5.21. The molecule has 0 aromatic heterocycles. The second-order valence-corrected chi connectivity index (χ2v) is 3.60. The summed E-state index contributed by atoms with van der Waals surface area (Å²) in [6.45, 7) is 2.72. The number of ether oxygens (including phenoxy) is 1. The van der Waals surface area contributed by atoms with E-state index < -0.39 is 0 Å². The first-order valence-corrected chi connectivity index (χ1v) is 5.69. The van der Waals surface area contributed by atoms with E-state index in [-0.39, 0.29) is 0 Å². The van der Waals surface area contributed by atoms with E-state index in [0.717, 1.165) is 17.3 Å². The highest BCUT2D eigenvalue weighted by molar-refractivity contribution is 7.80. The van der Waals surface area contributed by atoms with Crippen LogP contribution in [0.25, 0.3) is 0 Å². The molecule has 0 radical (unpaired) electrons. The van der Waals surface area contributed by atoms with Crippen molar-refractivity contribution in [3.63, 3.8) is 0 Å². The average Bonchev–Trinajstić information content (AvgIpc) is 2.33. The van der Waals surface area contributed by atoms with Crippen molar-refractivity contribution in [1.29, 1.82) is 0 Å². The zero-order valence-corrected chi connectivity index (χ0v) is 10.2. The highest BCUT2D eigenvalue weighted by atomic mass is 32.1. The van der Waals surface area contributed by atoms with E-state index in [1.165, 1.54) is 0 Å². The lowest BCUT2D eigenvalue weighted by molar-refractivity contribution is 0.340. The fourth-order valence-corrected chi connectivity index (χ4v) is 1.28. The van der Waals surface area contributed by atoms with E-state index in [4.69, 9.17) is 4.74 Å². The summed E-state index contributed by atoms with van der Waals surface area (Å²) in [6.07, 6.45) is 0. The van der Waals surface area contributed by atoms with Gasteiger partial charge in [-0.15, -0.1) is 12.6 Å². The molecule has 16 heavy (non-hydrogen) atoms. The van der Waals surface area contributed by atoms with Crippen molar-refractivity contribution in [2.24, 2.45) is 0 Å². The molecule has 2 aromatic rings. The molecule has 0 atom stereocenters. The van der Waals surface area contributed by atoms with Gasteiger partial charge in [0, 0.05) is 4.90 Å². The Labute approximate surface area is 102 Å². The summed E-state index contributed by atoms with van der Waals surface area (Å²) < 4.78 is 5.21. The van der Waals surface area contributed by atoms with Gasteiger partial charge in [-0.05, 0) is 31.2 Å². The summed E-state index contributed by atoms with van der Waals surface area (Å²) >= 11 is 4.08. The fraction of sp³-hybridized carbons (Fsp3) is 0.143. The normalized spacial score (nSPS) is 8.88. The minimum Gasteiger partial charge on any atom is -0.494 e. The van der Waals surface area contributed by atoms with Crippen LogP contribution in [0.2, 0.25) is 0 Å². The molecule has 2 rings (SSSR count). The third-order valence-electron chi connectivity index (χ3n) is 1.81. The molecule has 0 aliphatic rings. The van der Waals surface area contributed by atoms with Crippen molar-refractivity contribution in [2.75, 3.05) is 6.61 Å². The summed E-state index contributed by atoms with van der Waals surface area (Å²) in [5.74, 6) is 0.944. The van der Waals surface area contributed by atoms with Gasteiger partial charge in [-0.2, -0.15) is 0 Å². The van der Waals surface area contributed by atoms with Crippen molar-refractivity contribution in [3.05, 3.63) is 60.7 Å². The molecule has 0 aliphatic carbocycles. The van der Waals surface area contributed by atoms with Gasteiger partial charge in [0.25, 0.3) is 0 Å². The Morgan fingerprint density at radius 1 is 0.875 bits per heavy atom. The summed E-state index contributed by atoms with van der Waals surface area (Å²) in [4.78, 5) is 1.02. The SMILES string of the molecule is CCOc1ccccc1.Sc1ccccc1. The van der Waals surface area contributed by atoms with Gasteiger partial charge in [0.15, 0.2) is 0 Å². The molecule has 1 nitrogen and oxygen atoms in total. The molecule has 0 saturated heterocycles. The van der Waals surface area contributed by atoms with Crippen LogP contribution in [0.5, 0.6) is 5.75 Å². The molecule has 0 fully saturated rings. The number of thiol groups is 1. The van der Waals surface area contributed by atoms with Crippen LogP contribution in [0.4, 0.5) is 0 Å². The second-order valence-electron chi connectivity index (χ2n) is 3.08. The standard InChI is InChI=1S/C8H10O.C6H6S/c1-2-9-8-6-4-3-5-7-8;7-6-4-2-1-3-5-6/h3-7H,2H2,1H3;1-5,7H. The topological polar surface area (TPSA) is 9.23 Å². The Kier molecular flexibility index (Phi) is 6.19. The van der Waals surface area contributed by atoms with Crippen LogP contribution in [0.1, 0.15) is 6.92 Å². The fourth-order valence-electron chi connectivity index (χ4n) is 1.11. The molecule has 2 heteroatoms. The average molecular weight is 232 g/mol. The first-order valence-electron chi connectivity index (χ1n) is 5.24. The molecule has 2 aromatic carbocycles. The molecular formula is C14H16OS. The molecule has 0 spiro atoms. The second kappa shape index (κ2) is 7.83. The lowest BCUT2D eigenvalue weighted by atomic mass is 10.3. The smallest absolute Gasteiger partial charge is 0.119 e. The van der Waals surface area contributed by atoms with Crippen LogP contribution in [-0.4, -0.2) is 6.61 Å². The number of para-hydroxylation sites is 1. The van der Waals surface area contributed by atoms with Crippen LogP contribution in [0.3, 0.4) is 0 Å². The van der Waals surface area contributed by atoms with Gasteiger partial charge >= 0.3 is 0 Å². The number of hydrogen-bond acceptors (Lipinski definition) is 2. The largest absolute Gasteiger partial charge is 0.494 e. The van der Waals surface area contributed by atoms with Crippen molar-refractivity contribution in [2.45, 2.75) is 11.8 Å². The Morgan fingerprint density at radius 2 is 1.38 bits per heavy atom. The van der Waals surface area contributed by atoms with Gasteiger partial charge in [-0.25, -0.2) is 0 Å². The third-order valence-corrected chi connectivity index (χ3v) is 2.11. The Morgan fingerprint density at radius 3 is 1.75 bits per heavy atom. The molecule has 0 aliphatic heterocycles. The van der Waals surface area contributed by atoms with Gasteiger partial charge in [0.2, 0.25) is 0 Å². The van der Waals surface area contributed by atoms with Crippen LogP contribution >= 0.6 is 12.6 Å². The first kappa shape index (κ1) is 12.7. The highest BCUT2D eigenvalue weighted by Gasteiger charge is 1.83. The van der Waals surface area contributed by atoms with Crippen molar-refractivity contribution >= 4 is 12.6 Å². The number of benzene rings is 2. The monoisotopic (exact) mass is 232 g/mol. The van der Waals surface area contributed by atoms with Crippen molar-refractivity contribution in [1.82, 2.24) is 0 Å². The van der Waals surface area contributed by atoms with Crippen LogP contribution in [0, 0.1) is 0 Å². The van der Waals surface area contributed by atoms with Crippen LogP contribution in [-0.2, 0) is 0 Å². The minimum atomic E-state index is 0.740. The van der Waals surface area contributed by atoms with Gasteiger partial charge < -0.3 is 4.74 Å². The molecular weight excluding hydrogens is 216 g/mol. The lowest BCUT2D eigenvalue weighted by Gasteiger charge is -1.99. The molecule has 84 valence electrons. The summed E-state index contributed by atoms with van der Waals surface area (Å²) in [5.41, 5.74) is 0. The maximum Gasteiger partial charge on any atom is 0.119 e. The summed E-state index contributed by atoms with van der Waals surface area (Å²) in [7, 11) is 0. The van der Waals surface area contributed by atoms with Crippen LogP contribution < -0.4 is 4.74 Å². The Bertz CT molecular complexity index is 372. The number of rotatable bonds is 2. The summed E-state index contributed by atoms with van der Waals surface area (Å²) in [6, 6.07) is 19.6. The molecule has 0 heterocycles. The zero-order chi connectivity index (χ0) is 11.6. The summed E-state index contributed by atoms with van der Waals surface area (Å²) in [5, 5.41) is 0. The van der Waals surface area contributed by atoms with E-state index in [0.29, 0.717) is 0 Å². The van der Waals surface area contributed by atoms with Crippen LogP contribution in [0.15, 0.2) is 65.6 Å². The van der Waals surface area contributed by atoms with Gasteiger partial charge in [0.1, 0.15) is 5.75 Å². The first-order chi connectivity index (χ1) is 7.83. The van der Waals surface area contributed by atoms with Crippen molar-refractivity contribution in [3.8, 4) is 5.75 Å². The minimum absolute atomic E-state index is 0.740. The molecule has 0 amide bonds. The van der Waals surface area contributed by atoms with E-state index in [9.17, 15) is 0 Å². The molecule has 0 N–H and O–H groups in total.